The van der Waals surface area contributed by atoms with Crippen molar-refractivity contribution in [2.24, 2.45) is 5.73 Å². The molecule has 0 bridgehead atoms. The number of nitrogens with two attached hydrogens (primary N) is 1. The molecule has 2 rings (SSSR count). The van der Waals surface area contributed by atoms with Crippen molar-refractivity contribution < 1.29 is 4.79 Å². The van der Waals surface area contributed by atoms with Crippen LogP contribution in [0.15, 0.2) is 42.6 Å². The second kappa shape index (κ2) is 6.85. The van der Waals surface area contributed by atoms with Crippen molar-refractivity contribution in [1.82, 2.24) is 4.98 Å². The molecule has 1 heterocycles. The van der Waals surface area contributed by atoms with E-state index < -0.39 is 0 Å². The van der Waals surface area contributed by atoms with Gasteiger partial charge in [0.25, 0.3) is 0 Å². The van der Waals surface area contributed by atoms with Crippen molar-refractivity contribution in [3.63, 3.8) is 0 Å². The molecular formula is C16H20N4O. The number of pyridine rings is 1. The molecule has 0 radical (unpaired) electrons. The van der Waals surface area contributed by atoms with Gasteiger partial charge in [-0.3, -0.25) is 4.79 Å². The summed E-state index contributed by atoms with van der Waals surface area (Å²) in [6, 6.07) is 11.4. The Morgan fingerprint density at radius 1 is 1.19 bits per heavy atom. The summed E-state index contributed by atoms with van der Waals surface area (Å²) in [5.41, 5.74) is 8.34. The third kappa shape index (κ3) is 3.79. The first-order valence-corrected chi connectivity index (χ1v) is 6.81. The van der Waals surface area contributed by atoms with E-state index in [1.807, 2.05) is 49.3 Å². The average Bonchev–Trinajstić information content (AvgIpc) is 2.48. The van der Waals surface area contributed by atoms with Gasteiger partial charge in [-0.15, -0.1) is 0 Å². The second-order valence-corrected chi connectivity index (χ2v) is 4.97. The minimum Gasteiger partial charge on any atom is -0.361 e. The molecule has 2 aromatic rings. The van der Waals surface area contributed by atoms with Crippen LogP contribution >= 0.6 is 0 Å². The van der Waals surface area contributed by atoms with E-state index in [9.17, 15) is 4.79 Å². The summed E-state index contributed by atoms with van der Waals surface area (Å²) in [5.74, 6) is 0.657. The van der Waals surface area contributed by atoms with Gasteiger partial charge < -0.3 is 16.0 Å². The first-order chi connectivity index (χ1) is 10.1. The van der Waals surface area contributed by atoms with Crippen LogP contribution in [0.25, 0.3) is 0 Å². The first-order valence-electron chi connectivity index (χ1n) is 6.81. The van der Waals surface area contributed by atoms with E-state index >= 15 is 0 Å². The molecule has 0 fully saturated rings. The van der Waals surface area contributed by atoms with E-state index in [0.717, 1.165) is 16.9 Å². The lowest BCUT2D eigenvalue weighted by Crippen LogP contribution is -2.19. The number of aromatic nitrogens is 1. The molecule has 0 aliphatic heterocycles. The van der Waals surface area contributed by atoms with Gasteiger partial charge in [-0.2, -0.15) is 0 Å². The van der Waals surface area contributed by atoms with Crippen LogP contribution in [0.4, 0.5) is 11.5 Å². The van der Waals surface area contributed by atoms with Crippen molar-refractivity contribution in [1.29, 1.82) is 0 Å². The Kier molecular flexibility index (Phi) is 4.90. The molecule has 0 unspecified atom stereocenters. The zero-order chi connectivity index (χ0) is 15.2. The highest BCUT2D eigenvalue weighted by Gasteiger charge is 2.11. The summed E-state index contributed by atoms with van der Waals surface area (Å²) >= 11 is 0. The van der Waals surface area contributed by atoms with Gasteiger partial charge in [0.05, 0.1) is 12.1 Å². The quantitative estimate of drug-likeness (QED) is 0.878. The van der Waals surface area contributed by atoms with Gasteiger partial charge in [-0.25, -0.2) is 4.98 Å². The number of nitrogens with zero attached hydrogens (tertiary/aromatic N) is 2. The fourth-order valence-corrected chi connectivity index (χ4v) is 2.15. The second-order valence-electron chi connectivity index (χ2n) is 4.97. The van der Waals surface area contributed by atoms with Crippen LogP contribution in [0.1, 0.15) is 11.1 Å². The predicted molar refractivity (Wildman–Crippen MR) is 85.2 cm³/mol. The van der Waals surface area contributed by atoms with Crippen LogP contribution in [0.2, 0.25) is 0 Å². The first kappa shape index (κ1) is 15.0. The van der Waals surface area contributed by atoms with Crippen LogP contribution in [-0.2, 0) is 17.8 Å². The molecule has 5 heteroatoms. The number of nitrogens with one attached hydrogen (secondary N) is 1. The third-order valence-electron chi connectivity index (χ3n) is 3.17. The lowest BCUT2D eigenvalue weighted by molar-refractivity contribution is -0.115. The van der Waals surface area contributed by atoms with Crippen molar-refractivity contribution in [3.05, 3.63) is 53.7 Å². The summed E-state index contributed by atoms with van der Waals surface area (Å²) in [6.45, 7) is 0.430. The zero-order valence-corrected chi connectivity index (χ0v) is 12.3. The molecule has 1 amide bonds. The lowest BCUT2D eigenvalue weighted by Gasteiger charge is -2.16. The molecule has 110 valence electrons. The highest BCUT2D eigenvalue weighted by molar-refractivity contribution is 5.95. The Balaban J connectivity index is 2.12. The Morgan fingerprint density at radius 2 is 1.90 bits per heavy atom. The largest absolute Gasteiger partial charge is 0.361 e. The standard InChI is InChI=1S/C16H20N4O/c1-20(2)16-14(8-5-9-18-16)19-15(21)10-12-6-3-4-7-13(12)11-17/h3-9H,10-11,17H2,1-2H3,(H,19,21). The van der Waals surface area contributed by atoms with E-state index in [1.165, 1.54) is 0 Å². The molecule has 3 N–H and O–H groups in total. The highest BCUT2D eigenvalue weighted by Crippen LogP contribution is 2.20. The van der Waals surface area contributed by atoms with Gasteiger partial charge in [-0.1, -0.05) is 24.3 Å². The summed E-state index contributed by atoms with van der Waals surface area (Å²) in [5, 5.41) is 2.91. The smallest absolute Gasteiger partial charge is 0.228 e. The molecule has 0 aliphatic carbocycles. The molecule has 1 aromatic carbocycles. The Labute approximate surface area is 124 Å². The molecule has 1 aromatic heterocycles. The number of benzene rings is 1. The summed E-state index contributed by atoms with van der Waals surface area (Å²) in [7, 11) is 3.78. The van der Waals surface area contributed by atoms with Gasteiger partial charge in [-0.05, 0) is 23.3 Å². The molecule has 0 saturated carbocycles. The SMILES string of the molecule is CN(C)c1ncccc1NC(=O)Cc1ccccc1CN. The van der Waals surface area contributed by atoms with Crippen molar-refractivity contribution in [3.8, 4) is 0 Å². The van der Waals surface area contributed by atoms with Gasteiger partial charge in [0.15, 0.2) is 5.82 Å². The van der Waals surface area contributed by atoms with Gasteiger partial charge in [0.1, 0.15) is 0 Å². The van der Waals surface area contributed by atoms with Gasteiger partial charge in [0, 0.05) is 26.8 Å². The maximum absolute atomic E-state index is 12.2. The zero-order valence-electron chi connectivity index (χ0n) is 12.3. The average molecular weight is 284 g/mol. The van der Waals surface area contributed by atoms with Gasteiger partial charge >= 0.3 is 0 Å². The van der Waals surface area contributed by atoms with Crippen molar-refractivity contribution in [2.75, 3.05) is 24.3 Å². The van der Waals surface area contributed by atoms with E-state index in [2.05, 4.69) is 10.3 Å². The molecular weight excluding hydrogens is 264 g/mol. The Bertz CT molecular complexity index is 625. The summed E-state index contributed by atoms with van der Waals surface area (Å²) < 4.78 is 0. The summed E-state index contributed by atoms with van der Waals surface area (Å²) in [6.07, 6.45) is 2.00. The fraction of sp³-hybridized carbons (Fsp3) is 0.250. The number of rotatable bonds is 5. The van der Waals surface area contributed by atoms with E-state index in [4.69, 9.17) is 5.73 Å². The highest BCUT2D eigenvalue weighted by atomic mass is 16.1. The van der Waals surface area contributed by atoms with Crippen LogP contribution < -0.4 is 16.0 Å². The van der Waals surface area contributed by atoms with E-state index in [0.29, 0.717) is 18.7 Å². The van der Waals surface area contributed by atoms with Crippen molar-refractivity contribution >= 4 is 17.4 Å². The monoisotopic (exact) mass is 284 g/mol. The number of amides is 1. The van der Waals surface area contributed by atoms with Crippen molar-refractivity contribution in [2.45, 2.75) is 13.0 Å². The third-order valence-corrected chi connectivity index (χ3v) is 3.17. The minimum absolute atomic E-state index is 0.0769. The van der Waals surface area contributed by atoms with E-state index in [-0.39, 0.29) is 5.91 Å². The lowest BCUT2D eigenvalue weighted by atomic mass is 10.0. The number of hydrogen-bond donors (Lipinski definition) is 2. The van der Waals surface area contributed by atoms with Crippen LogP contribution in [-0.4, -0.2) is 25.0 Å². The Hall–Kier alpha value is -2.40. The number of carbonyl (C=O) groups is 1. The normalized spacial score (nSPS) is 10.2. The molecule has 0 spiro atoms. The minimum atomic E-state index is -0.0769. The number of carbonyl (C=O) groups excluding carboxylic acids is 1. The van der Waals surface area contributed by atoms with Crippen LogP contribution in [0, 0.1) is 0 Å². The number of anilines is 2. The Morgan fingerprint density at radius 3 is 2.57 bits per heavy atom. The molecule has 0 saturated heterocycles. The maximum Gasteiger partial charge on any atom is 0.228 e. The predicted octanol–water partition coefficient (Wildman–Crippen LogP) is 1.79. The molecule has 5 nitrogen and oxygen atoms in total. The summed E-state index contributed by atoms with van der Waals surface area (Å²) in [4.78, 5) is 18.4. The molecule has 21 heavy (non-hydrogen) atoms. The van der Waals surface area contributed by atoms with Gasteiger partial charge in [0.2, 0.25) is 5.91 Å². The molecule has 0 atom stereocenters. The van der Waals surface area contributed by atoms with Crippen LogP contribution in [0.5, 0.6) is 0 Å². The topological polar surface area (TPSA) is 71.2 Å². The van der Waals surface area contributed by atoms with E-state index in [1.54, 1.807) is 12.3 Å². The number of hydrogen-bond acceptors (Lipinski definition) is 4. The fourth-order valence-electron chi connectivity index (χ4n) is 2.15. The van der Waals surface area contributed by atoms with Crippen LogP contribution in [0.3, 0.4) is 0 Å². The maximum atomic E-state index is 12.2. The molecule has 0 aliphatic rings.